The first kappa shape index (κ1) is 21.0. The number of hydrogen-bond donors (Lipinski definition) is 1. The number of likely N-dealkylation sites (tertiary alicyclic amines) is 1. The Balaban J connectivity index is 1.32. The van der Waals surface area contributed by atoms with Gasteiger partial charge in [0.25, 0.3) is 11.4 Å². The zero-order valence-corrected chi connectivity index (χ0v) is 17.5. The molecule has 0 radical (unpaired) electrons. The number of hydrogen-bond acceptors (Lipinski definition) is 7. The molecular weight excluding hydrogens is 400 g/mol. The van der Waals surface area contributed by atoms with E-state index >= 15 is 0 Å². The van der Waals surface area contributed by atoms with Gasteiger partial charge in [0.1, 0.15) is 5.76 Å². The molecule has 0 unspecified atom stereocenters. The van der Waals surface area contributed by atoms with Gasteiger partial charge in [0.15, 0.2) is 0 Å². The van der Waals surface area contributed by atoms with Crippen LogP contribution in [0.1, 0.15) is 31.9 Å². The number of ether oxygens (including phenoxy) is 1. The molecule has 0 spiro atoms. The summed E-state index contributed by atoms with van der Waals surface area (Å²) in [5.41, 5.74) is -0.588. The van der Waals surface area contributed by atoms with Crippen molar-refractivity contribution < 1.29 is 19.2 Å². The number of fused-ring (bicyclic) bond motifs is 1. The number of aryl methyl sites for hydroxylation is 1. The maximum Gasteiger partial charge on any atom is 0.261 e. The monoisotopic (exact) mass is 426 g/mol. The first-order valence-corrected chi connectivity index (χ1v) is 10.5. The van der Waals surface area contributed by atoms with E-state index < -0.39 is 5.60 Å². The molecule has 1 aromatic carbocycles. The molecule has 164 valence electrons. The van der Waals surface area contributed by atoms with Crippen LogP contribution in [-0.2, 0) is 17.8 Å². The minimum absolute atomic E-state index is 0.000878. The topological polar surface area (TPSA) is 111 Å². The molecule has 3 heterocycles. The number of carbonyl (C=O) groups is 1. The number of benzene rings is 1. The van der Waals surface area contributed by atoms with Crippen LogP contribution < -0.4 is 10.3 Å². The number of para-hydroxylation sites is 1. The summed E-state index contributed by atoms with van der Waals surface area (Å²) >= 11 is 0. The molecule has 1 saturated heterocycles. The summed E-state index contributed by atoms with van der Waals surface area (Å²) in [7, 11) is 0. The molecule has 3 aromatic rings. The van der Waals surface area contributed by atoms with Crippen LogP contribution in [0.25, 0.3) is 10.9 Å². The van der Waals surface area contributed by atoms with Gasteiger partial charge in [-0.15, -0.1) is 0 Å². The molecule has 0 bridgehead atoms. The van der Waals surface area contributed by atoms with Gasteiger partial charge in [-0.2, -0.15) is 0 Å². The number of aromatic nitrogens is 3. The Labute approximate surface area is 179 Å². The maximum absolute atomic E-state index is 12.7. The van der Waals surface area contributed by atoms with E-state index in [0.29, 0.717) is 67.9 Å². The molecule has 1 amide bonds. The van der Waals surface area contributed by atoms with Crippen molar-refractivity contribution in [1.29, 1.82) is 0 Å². The minimum atomic E-state index is -1.05. The van der Waals surface area contributed by atoms with Crippen LogP contribution in [0.5, 0.6) is 5.88 Å². The van der Waals surface area contributed by atoms with Crippen molar-refractivity contribution in [2.24, 2.45) is 0 Å². The van der Waals surface area contributed by atoms with Crippen molar-refractivity contribution in [2.45, 2.75) is 44.8 Å². The quantitative estimate of drug-likeness (QED) is 0.613. The predicted octanol–water partition coefficient (Wildman–Crippen LogP) is 1.77. The Morgan fingerprint density at radius 1 is 1.29 bits per heavy atom. The Morgan fingerprint density at radius 2 is 2.06 bits per heavy atom. The summed E-state index contributed by atoms with van der Waals surface area (Å²) in [6.07, 6.45) is 3.02. The van der Waals surface area contributed by atoms with Crippen LogP contribution in [0.4, 0.5) is 0 Å². The van der Waals surface area contributed by atoms with E-state index in [1.54, 1.807) is 29.2 Å². The predicted molar refractivity (Wildman–Crippen MR) is 113 cm³/mol. The fourth-order valence-corrected chi connectivity index (χ4v) is 3.88. The molecule has 0 saturated carbocycles. The van der Waals surface area contributed by atoms with Gasteiger partial charge in [0.2, 0.25) is 5.91 Å². The third-order valence-corrected chi connectivity index (χ3v) is 5.66. The summed E-state index contributed by atoms with van der Waals surface area (Å²) in [6.45, 7) is 3.40. The molecule has 1 N–H and O–H groups in total. The van der Waals surface area contributed by atoms with Crippen molar-refractivity contribution in [1.82, 2.24) is 19.6 Å². The average Bonchev–Trinajstić information content (AvgIpc) is 3.22. The van der Waals surface area contributed by atoms with Crippen molar-refractivity contribution in [3.05, 3.63) is 52.8 Å². The maximum atomic E-state index is 12.7. The lowest BCUT2D eigenvalue weighted by atomic mass is 9.91. The molecule has 1 aliphatic rings. The lowest BCUT2D eigenvalue weighted by Crippen LogP contribution is -2.49. The molecule has 0 atom stereocenters. The fraction of sp³-hybridized carbons (Fsp3) is 0.455. The molecule has 9 heteroatoms. The molecule has 31 heavy (non-hydrogen) atoms. The zero-order chi connectivity index (χ0) is 21.8. The van der Waals surface area contributed by atoms with E-state index in [0.717, 1.165) is 0 Å². The second-order valence-corrected chi connectivity index (χ2v) is 7.86. The smallest absolute Gasteiger partial charge is 0.261 e. The van der Waals surface area contributed by atoms with E-state index in [-0.39, 0.29) is 18.0 Å². The van der Waals surface area contributed by atoms with Gasteiger partial charge in [-0.05, 0) is 37.1 Å². The highest BCUT2D eigenvalue weighted by Gasteiger charge is 2.34. The van der Waals surface area contributed by atoms with E-state index in [1.807, 2.05) is 13.0 Å². The van der Waals surface area contributed by atoms with Gasteiger partial charge in [-0.1, -0.05) is 12.1 Å². The van der Waals surface area contributed by atoms with Crippen LogP contribution in [0.3, 0.4) is 0 Å². The second kappa shape index (κ2) is 8.89. The average molecular weight is 426 g/mol. The van der Waals surface area contributed by atoms with Crippen LogP contribution in [0, 0.1) is 0 Å². The summed E-state index contributed by atoms with van der Waals surface area (Å²) in [4.78, 5) is 31.3. The normalized spacial score (nSPS) is 15.9. The number of amides is 1. The number of nitrogens with zero attached hydrogens (tertiary/aromatic N) is 4. The SMILES string of the molecule is CCOc1cc(CCC(=O)N2CCC(O)(Cn3cnc4ccccc4c3=O)CC2)on1. The van der Waals surface area contributed by atoms with Crippen molar-refractivity contribution in [3.8, 4) is 5.88 Å². The Kier molecular flexibility index (Phi) is 6.03. The van der Waals surface area contributed by atoms with E-state index in [1.165, 1.54) is 10.9 Å². The molecule has 1 fully saturated rings. The van der Waals surface area contributed by atoms with Gasteiger partial charge in [0.05, 0.1) is 36.0 Å². The van der Waals surface area contributed by atoms with Crippen molar-refractivity contribution in [2.75, 3.05) is 19.7 Å². The zero-order valence-electron chi connectivity index (χ0n) is 17.5. The third kappa shape index (κ3) is 4.77. The van der Waals surface area contributed by atoms with Crippen LogP contribution in [0.15, 0.2) is 46.0 Å². The van der Waals surface area contributed by atoms with Gasteiger partial charge in [-0.25, -0.2) is 4.98 Å². The number of aliphatic hydroxyl groups is 1. The number of carbonyl (C=O) groups excluding carboxylic acids is 1. The van der Waals surface area contributed by atoms with Crippen molar-refractivity contribution >= 4 is 16.8 Å². The summed E-state index contributed by atoms with van der Waals surface area (Å²) < 4.78 is 11.9. The molecule has 1 aliphatic heterocycles. The van der Waals surface area contributed by atoms with Gasteiger partial charge in [0, 0.05) is 32.0 Å². The highest BCUT2D eigenvalue weighted by molar-refractivity contribution is 5.77. The summed E-state index contributed by atoms with van der Waals surface area (Å²) in [5, 5.41) is 15.3. The first-order chi connectivity index (χ1) is 15.0. The van der Waals surface area contributed by atoms with Gasteiger partial charge >= 0.3 is 0 Å². The Morgan fingerprint density at radius 3 is 2.84 bits per heavy atom. The Hall–Kier alpha value is -3.20. The summed E-state index contributed by atoms with van der Waals surface area (Å²) in [5.74, 6) is 1.03. The van der Waals surface area contributed by atoms with E-state index in [2.05, 4.69) is 10.1 Å². The second-order valence-electron chi connectivity index (χ2n) is 7.86. The first-order valence-electron chi connectivity index (χ1n) is 10.5. The highest BCUT2D eigenvalue weighted by atomic mass is 16.5. The summed E-state index contributed by atoms with van der Waals surface area (Å²) in [6, 6.07) is 8.85. The van der Waals surface area contributed by atoms with Crippen LogP contribution >= 0.6 is 0 Å². The molecule has 0 aliphatic carbocycles. The Bertz CT molecular complexity index is 1110. The third-order valence-electron chi connectivity index (χ3n) is 5.66. The van der Waals surface area contributed by atoms with Crippen LogP contribution in [-0.4, -0.2) is 55.9 Å². The standard InChI is InChI=1S/C22H26N4O5/c1-2-30-19-13-16(31-24-19)7-8-20(27)25-11-9-22(29,10-12-25)14-26-15-23-18-6-4-3-5-17(18)21(26)28/h3-6,13,15,29H,2,7-12,14H2,1H3. The molecule has 2 aromatic heterocycles. The van der Waals surface area contributed by atoms with E-state index in [9.17, 15) is 14.7 Å². The lowest BCUT2D eigenvalue weighted by Gasteiger charge is -2.38. The fourth-order valence-electron chi connectivity index (χ4n) is 3.88. The molecular formula is C22H26N4O5. The largest absolute Gasteiger partial charge is 0.476 e. The van der Waals surface area contributed by atoms with Gasteiger partial charge in [-0.3, -0.25) is 14.2 Å². The molecule has 9 nitrogen and oxygen atoms in total. The lowest BCUT2D eigenvalue weighted by molar-refractivity contribution is -0.135. The minimum Gasteiger partial charge on any atom is -0.476 e. The highest BCUT2D eigenvalue weighted by Crippen LogP contribution is 2.25. The van der Waals surface area contributed by atoms with Gasteiger partial charge < -0.3 is 19.3 Å². The van der Waals surface area contributed by atoms with E-state index in [4.69, 9.17) is 9.26 Å². The molecule has 4 rings (SSSR count). The number of piperidine rings is 1. The van der Waals surface area contributed by atoms with Crippen molar-refractivity contribution in [3.63, 3.8) is 0 Å². The van der Waals surface area contributed by atoms with Crippen LogP contribution in [0.2, 0.25) is 0 Å². The number of rotatable bonds is 7.